The lowest BCUT2D eigenvalue weighted by molar-refractivity contribution is -0.119. The van der Waals surface area contributed by atoms with Gasteiger partial charge < -0.3 is 5.32 Å². The van der Waals surface area contributed by atoms with E-state index in [0.717, 1.165) is 6.42 Å². The summed E-state index contributed by atoms with van der Waals surface area (Å²) in [5.41, 5.74) is 0. The van der Waals surface area contributed by atoms with Crippen LogP contribution < -0.4 is 5.32 Å². The van der Waals surface area contributed by atoms with Crippen molar-refractivity contribution in [3.05, 3.63) is 0 Å². The summed E-state index contributed by atoms with van der Waals surface area (Å²) < 4.78 is 0. The summed E-state index contributed by atoms with van der Waals surface area (Å²) in [5.74, 6) is 0.00362. The summed E-state index contributed by atoms with van der Waals surface area (Å²) in [7, 11) is 0. The Bertz CT molecular complexity index is 139. The van der Waals surface area contributed by atoms with Crippen molar-refractivity contribution in [2.45, 2.75) is 52.0 Å². The van der Waals surface area contributed by atoms with Crippen molar-refractivity contribution in [2.24, 2.45) is 0 Å². The van der Waals surface area contributed by atoms with Gasteiger partial charge in [-0.25, -0.2) is 0 Å². The number of nitrogens with one attached hydrogen (secondary N) is 1. The molecular weight excluding hydrogens is 186 g/mol. The van der Waals surface area contributed by atoms with E-state index in [1.807, 2.05) is 6.92 Å². The normalized spacial score (nSPS) is 12.5. The van der Waals surface area contributed by atoms with Crippen molar-refractivity contribution in [3.8, 4) is 0 Å². The second kappa shape index (κ2) is 8.36. The number of hydrogen-bond donors (Lipinski definition) is 1. The molecule has 78 valence electrons. The van der Waals surface area contributed by atoms with E-state index in [-0.39, 0.29) is 17.8 Å². The summed E-state index contributed by atoms with van der Waals surface area (Å²) in [5, 5.41) is 2.84. The minimum Gasteiger partial charge on any atom is -0.353 e. The molecule has 0 fully saturated rings. The van der Waals surface area contributed by atoms with Crippen molar-refractivity contribution >= 4 is 17.5 Å². The standard InChI is InChI=1S/C10H20ClNO/c1-3-4-5-6-7-9(2)12-10(13)8-11/h9H,3-8H2,1-2H3,(H,12,13). The first-order chi connectivity index (χ1) is 6.20. The molecule has 0 radical (unpaired) electrons. The van der Waals surface area contributed by atoms with Gasteiger partial charge in [0.2, 0.25) is 5.91 Å². The second-order valence-corrected chi connectivity index (χ2v) is 3.72. The van der Waals surface area contributed by atoms with Crippen molar-refractivity contribution in [3.63, 3.8) is 0 Å². The molecule has 1 N–H and O–H groups in total. The Labute approximate surface area is 86.0 Å². The lowest BCUT2D eigenvalue weighted by atomic mass is 10.1. The molecule has 3 heteroatoms. The Hall–Kier alpha value is -0.240. The van der Waals surface area contributed by atoms with E-state index in [0.29, 0.717) is 0 Å². The van der Waals surface area contributed by atoms with E-state index in [2.05, 4.69) is 12.2 Å². The van der Waals surface area contributed by atoms with Crippen LogP contribution in [0.5, 0.6) is 0 Å². The first-order valence-electron chi connectivity index (χ1n) is 5.06. The molecule has 0 rings (SSSR count). The van der Waals surface area contributed by atoms with Crippen LogP contribution in [0.1, 0.15) is 46.0 Å². The van der Waals surface area contributed by atoms with Crippen LogP contribution >= 0.6 is 11.6 Å². The van der Waals surface area contributed by atoms with Gasteiger partial charge in [0.1, 0.15) is 5.88 Å². The minimum atomic E-state index is -0.0651. The summed E-state index contributed by atoms with van der Waals surface area (Å²) in [6, 6.07) is 0.267. The Morgan fingerprint density at radius 2 is 2.08 bits per heavy atom. The Balaban J connectivity index is 3.29. The fourth-order valence-electron chi connectivity index (χ4n) is 1.26. The first kappa shape index (κ1) is 12.8. The summed E-state index contributed by atoms with van der Waals surface area (Å²) in [6.07, 6.45) is 6.05. The maximum atomic E-state index is 10.9. The topological polar surface area (TPSA) is 29.1 Å². The highest BCUT2D eigenvalue weighted by molar-refractivity contribution is 6.27. The predicted octanol–water partition coefficient (Wildman–Crippen LogP) is 2.70. The van der Waals surface area contributed by atoms with Crippen LogP contribution in [-0.4, -0.2) is 17.8 Å². The van der Waals surface area contributed by atoms with E-state index in [1.54, 1.807) is 0 Å². The van der Waals surface area contributed by atoms with Crippen LogP contribution in [0.15, 0.2) is 0 Å². The van der Waals surface area contributed by atoms with Gasteiger partial charge in [-0.2, -0.15) is 0 Å². The summed E-state index contributed by atoms with van der Waals surface area (Å²) >= 11 is 5.37. The molecule has 0 aromatic rings. The maximum absolute atomic E-state index is 10.9. The number of carbonyl (C=O) groups is 1. The van der Waals surface area contributed by atoms with Crippen molar-refractivity contribution in [2.75, 3.05) is 5.88 Å². The van der Waals surface area contributed by atoms with Crippen LogP contribution in [0.4, 0.5) is 0 Å². The van der Waals surface area contributed by atoms with Gasteiger partial charge in [-0.15, -0.1) is 11.6 Å². The molecule has 1 atom stereocenters. The Kier molecular flexibility index (Phi) is 8.21. The zero-order valence-electron chi connectivity index (χ0n) is 8.61. The molecule has 13 heavy (non-hydrogen) atoms. The largest absolute Gasteiger partial charge is 0.353 e. The molecule has 0 spiro atoms. The molecule has 0 bridgehead atoms. The number of carbonyl (C=O) groups excluding carboxylic acids is 1. The zero-order valence-corrected chi connectivity index (χ0v) is 9.36. The second-order valence-electron chi connectivity index (χ2n) is 3.45. The number of amides is 1. The van der Waals surface area contributed by atoms with Gasteiger partial charge in [0.25, 0.3) is 0 Å². The SMILES string of the molecule is CCCCCCC(C)NC(=O)CCl. The molecule has 0 heterocycles. The van der Waals surface area contributed by atoms with Crippen LogP contribution in [-0.2, 0) is 4.79 Å². The highest BCUT2D eigenvalue weighted by Crippen LogP contribution is 2.04. The lowest BCUT2D eigenvalue weighted by Crippen LogP contribution is -2.33. The minimum absolute atomic E-state index is 0.0651. The molecular formula is C10H20ClNO. The third-order valence-electron chi connectivity index (χ3n) is 2.02. The number of halogens is 1. The third-order valence-corrected chi connectivity index (χ3v) is 2.26. The van der Waals surface area contributed by atoms with Gasteiger partial charge in [-0.3, -0.25) is 4.79 Å². The monoisotopic (exact) mass is 205 g/mol. The fourth-order valence-corrected chi connectivity index (χ4v) is 1.34. The van der Waals surface area contributed by atoms with Gasteiger partial charge in [-0.1, -0.05) is 32.6 Å². The van der Waals surface area contributed by atoms with Gasteiger partial charge in [0, 0.05) is 6.04 Å². The summed E-state index contributed by atoms with van der Waals surface area (Å²) in [6.45, 7) is 4.22. The highest BCUT2D eigenvalue weighted by Gasteiger charge is 2.04. The lowest BCUT2D eigenvalue weighted by Gasteiger charge is -2.12. The molecule has 0 aromatic heterocycles. The van der Waals surface area contributed by atoms with Crippen molar-refractivity contribution in [1.29, 1.82) is 0 Å². The average molecular weight is 206 g/mol. The van der Waals surface area contributed by atoms with E-state index in [4.69, 9.17) is 11.6 Å². The van der Waals surface area contributed by atoms with E-state index < -0.39 is 0 Å². The average Bonchev–Trinajstić information content (AvgIpc) is 2.12. The molecule has 0 aliphatic heterocycles. The van der Waals surface area contributed by atoms with Crippen molar-refractivity contribution in [1.82, 2.24) is 5.32 Å². The smallest absolute Gasteiger partial charge is 0.235 e. The quantitative estimate of drug-likeness (QED) is 0.503. The number of alkyl halides is 1. The van der Waals surface area contributed by atoms with Gasteiger partial charge in [-0.05, 0) is 13.3 Å². The zero-order chi connectivity index (χ0) is 10.1. The van der Waals surface area contributed by atoms with Crippen LogP contribution in [0.2, 0.25) is 0 Å². The maximum Gasteiger partial charge on any atom is 0.235 e. The highest BCUT2D eigenvalue weighted by atomic mass is 35.5. The van der Waals surface area contributed by atoms with Crippen LogP contribution in [0.3, 0.4) is 0 Å². The fraction of sp³-hybridized carbons (Fsp3) is 0.900. The van der Waals surface area contributed by atoms with Crippen LogP contribution in [0, 0.1) is 0 Å². The predicted molar refractivity (Wildman–Crippen MR) is 57.1 cm³/mol. The molecule has 0 saturated heterocycles. The molecule has 0 aliphatic carbocycles. The number of rotatable bonds is 7. The van der Waals surface area contributed by atoms with E-state index >= 15 is 0 Å². The molecule has 0 saturated carbocycles. The van der Waals surface area contributed by atoms with E-state index in [9.17, 15) is 4.79 Å². The number of unbranched alkanes of at least 4 members (excludes halogenated alkanes) is 3. The summed E-state index contributed by atoms with van der Waals surface area (Å²) in [4.78, 5) is 10.9. The van der Waals surface area contributed by atoms with Gasteiger partial charge in [0.05, 0.1) is 0 Å². The van der Waals surface area contributed by atoms with Crippen molar-refractivity contribution < 1.29 is 4.79 Å². The molecule has 1 unspecified atom stereocenters. The number of hydrogen-bond acceptors (Lipinski definition) is 1. The first-order valence-corrected chi connectivity index (χ1v) is 5.59. The molecule has 1 amide bonds. The molecule has 2 nitrogen and oxygen atoms in total. The third kappa shape index (κ3) is 8.10. The van der Waals surface area contributed by atoms with Gasteiger partial charge >= 0.3 is 0 Å². The van der Waals surface area contributed by atoms with Gasteiger partial charge in [0.15, 0.2) is 0 Å². The van der Waals surface area contributed by atoms with Crippen LogP contribution in [0.25, 0.3) is 0 Å². The Morgan fingerprint density at radius 3 is 2.62 bits per heavy atom. The molecule has 0 aromatic carbocycles. The van der Waals surface area contributed by atoms with E-state index in [1.165, 1.54) is 25.7 Å². The Morgan fingerprint density at radius 1 is 1.38 bits per heavy atom. The molecule has 0 aliphatic rings.